The van der Waals surface area contributed by atoms with Gasteiger partial charge >= 0.3 is 0 Å². The van der Waals surface area contributed by atoms with Gasteiger partial charge in [-0.05, 0) is 49.4 Å². The van der Waals surface area contributed by atoms with Crippen LogP contribution in [-0.2, 0) is 14.4 Å². The molecular formula is C18H17Br3N2O3. The summed E-state index contributed by atoms with van der Waals surface area (Å²) >= 11 is 10.7. The maximum atomic E-state index is 13.0. The van der Waals surface area contributed by atoms with Crippen LogP contribution in [0.1, 0.15) is 13.3 Å². The molecule has 0 radical (unpaired) electrons. The van der Waals surface area contributed by atoms with Gasteiger partial charge in [-0.1, -0.05) is 47.8 Å². The van der Waals surface area contributed by atoms with Gasteiger partial charge in [-0.2, -0.15) is 0 Å². The quantitative estimate of drug-likeness (QED) is 0.464. The number of carbonyl (C=O) groups is 3. The highest BCUT2D eigenvalue weighted by Gasteiger charge is 2.67. The molecule has 3 fully saturated rings. The minimum atomic E-state index is -0.828. The van der Waals surface area contributed by atoms with E-state index >= 15 is 0 Å². The van der Waals surface area contributed by atoms with E-state index in [2.05, 4.69) is 53.1 Å². The first-order valence-corrected chi connectivity index (χ1v) is 11.1. The Labute approximate surface area is 176 Å². The van der Waals surface area contributed by atoms with Crippen LogP contribution in [0.25, 0.3) is 0 Å². The molecule has 2 bridgehead atoms. The minimum absolute atomic E-state index is 0.151. The number of carbonyl (C=O) groups excluding carboxylic acids is 3. The summed E-state index contributed by atoms with van der Waals surface area (Å²) in [5.41, 5.74) is 0.630. The number of anilines is 1. The van der Waals surface area contributed by atoms with Crippen molar-refractivity contribution in [2.24, 2.45) is 23.7 Å². The van der Waals surface area contributed by atoms with E-state index in [-0.39, 0.29) is 51.0 Å². The lowest BCUT2D eigenvalue weighted by Gasteiger charge is -2.28. The zero-order valence-electron chi connectivity index (χ0n) is 13.9. The molecular weight excluding hydrogens is 532 g/mol. The summed E-state index contributed by atoms with van der Waals surface area (Å²) in [4.78, 5) is 40.1. The Hall–Kier alpha value is -0.730. The molecule has 0 unspecified atom stereocenters. The third-order valence-corrected chi connectivity index (χ3v) is 9.63. The summed E-state index contributed by atoms with van der Waals surface area (Å²) in [5, 5.41) is 2.78. The lowest BCUT2D eigenvalue weighted by molar-refractivity contribution is -0.146. The number of likely N-dealkylation sites (tertiary alicyclic amines) is 1. The average molecular weight is 549 g/mol. The van der Waals surface area contributed by atoms with E-state index in [0.717, 1.165) is 10.9 Å². The molecule has 0 spiro atoms. The number of imide groups is 1. The number of hydrogen-bond acceptors (Lipinski definition) is 3. The standard InChI is InChI=1S/C18H17Br3N2O3/c1-7(16(24)22-9-4-2-8(19)3-5-9)23-17(25)12-10-6-11(13(12)18(23)26)15(21)14(10)20/h2-5,7,10-15H,6H2,1H3,(H,22,24)/t7-,10-,11-,12-,13-,14+,15+/m1/s1. The van der Waals surface area contributed by atoms with E-state index in [9.17, 15) is 14.4 Å². The lowest BCUT2D eigenvalue weighted by atomic mass is 9.81. The Bertz CT molecular complexity index is 752. The fourth-order valence-corrected chi connectivity index (χ4v) is 6.79. The molecule has 2 aliphatic carbocycles. The number of rotatable bonds is 3. The minimum Gasteiger partial charge on any atom is -0.324 e. The van der Waals surface area contributed by atoms with Gasteiger partial charge in [0.2, 0.25) is 17.7 Å². The van der Waals surface area contributed by atoms with Crippen molar-refractivity contribution in [2.45, 2.75) is 29.0 Å². The number of hydrogen-bond donors (Lipinski definition) is 1. The number of nitrogens with one attached hydrogen (secondary N) is 1. The first-order chi connectivity index (χ1) is 12.3. The van der Waals surface area contributed by atoms with Crippen LogP contribution in [0.2, 0.25) is 0 Å². The molecule has 138 valence electrons. The third kappa shape index (κ3) is 2.71. The number of halogens is 3. The van der Waals surface area contributed by atoms with Gasteiger partial charge in [0.15, 0.2) is 0 Å². The van der Waals surface area contributed by atoms with Crippen LogP contribution in [-0.4, -0.2) is 38.3 Å². The van der Waals surface area contributed by atoms with E-state index in [1.54, 1.807) is 19.1 Å². The molecule has 1 saturated heterocycles. The van der Waals surface area contributed by atoms with Gasteiger partial charge in [0.1, 0.15) is 6.04 Å². The molecule has 7 atom stereocenters. The Kier molecular flexibility index (Phi) is 4.80. The van der Waals surface area contributed by atoms with Crippen LogP contribution in [0.15, 0.2) is 28.7 Å². The molecule has 3 aliphatic rings. The topological polar surface area (TPSA) is 66.5 Å². The molecule has 8 heteroatoms. The molecule has 1 aliphatic heterocycles. The number of fused-ring (bicyclic) bond motifs is 5. The van der Waals surface area contributed by atoms with Gasteiger partial charge < -0.3 is 5.32 Å². The van der Waals surface area contributed by atoms with E-state index in [1.807, 2.05) is 12.1 Å². The Morgan fingerprint density at radius 2 is 1.58 bits per heavy atom. The van der Waals surface area contributed by atoms with E-state index in [1.165, 1.54) is 4.90 Å². The Balaban J connectivity index is 1.53. The fraction of sp³-hybridized carbons (Fsp3) is 0.500. The molecule has 4 rings (SSSR count). The first-order valence-electron chi connectivity index (χ1n) is 8.52. The van der Waals surface area contributed by atoms with Gasteiger partial charge in [-0.3, -0.25) is 19.3 Å². The van der Waals surface area contributed by atoms with Gasteiger partial charge in [0, 0.05) is 19.8 Å². The van der Waals surface area contributed by atoms with Crippen molar-refractivity contribution in [2.75, 3.05) is 5.32 Å². The summed E-state index contributed by atoms with van der Waals surface area (Å²) in [5.74, 6) is -1.05. The van der Waals surface area contributed by atoms with E-state index < -0.39 is 6.04 Å². The van der Waals surface area contributed by atoms with Crippen LogP contribution in [0.4, 0.5) is 5.69 Å². The Morgan fingerprint density at radius 1 is 1.08 bits per heavy atom. The molecule has 5 nitrogen and oxygen atoms in total. The molecule has 1 N–H and O–H groups in total. The van der Waals surface area contributed by atoms with Crippen LogP contribution >= 0.6 is 47.8 Å². The molecule has 26 heavy (non-hydrogen) atoms. The number of alkyl halides is 2. The van der Waals surface area contributed by atoms with E-state index in [0.29, 0.717) is 5.69 Å². The second kappa shape index (κ2) is 6.71. The largest absolute Gasteiger partial charge is 0.324 e. The highest BCUT2D eigenvalue weighted by atomic mass is 79.9. The van der Waals surface area contributed by atoms with Crippen molar-refractivity contribution in [3.05, 3.63) is 28.7 Å². The van der Waals surface area contributed by atoms with Gasteiger partial charge in [0.25, 0.3) is 0 Å². The van der Waals surface area contributed by atoms with Crippen LogP contribution in [0.5, 0.6) is 0 Å². The highest BCUT2D eigenvalue weighted by molar-refractivity contribution is 9.12. The highest BCUT2D eigenvalue weighted by Crippen LogP contribution is 2.60. The molecule has 0 aromatic heterocycles. The monoisotopic (exact) mass is 546 g/mol. The molecule has 2 saturated carbocycles. The van der Waals surface area contributed by atoms with Crippen molar-refractivity contribution in [1.29, 1.82) is 0 Å². The molecule has 1 heterocycles. The molecule has 1 aromatic rings. The van der Waals surface area contributed by atoms with Gasteiger partial charge in [0.05, 0.1) is 11.8 Å². The van der Waals surface area contributed by atoms with Crippen molar-refractivity contribution in [3.8, 4) is 0 Å². The molecule has 1 aromatic carbocycles. The summed E-state index contributed by atoms with van der Waals surface area (Å²) in [6.07, 6.45) is 0.881. The smallest absolute Gasteiger partial charge is 0.247 e. The zero-order valence-corrected chi connectivity index (χ0v) is 18.6. The molecule has 3 amide bonds. The van der Waals surface area contributed by atoms with Crippen LogP contribution in [0.3, 0.4) is 0 Å². The zero-order chi connectivity index (χ0) is 18.7. The summed E-state index contributed by atoms with van der Waals surface area (Å²) in [7, 11) is 0. The SMILES string of the molecule is C[C@H](C(=O)Nc1ccc(Br)cc1)N1C(=O)[C@@H]2[C@H]3C[C@@H]([C@H](Br)[C@H]3Br)[C@H]2C1=O. The van der Waals surface area contributed by atoms with Crippen molar-refractivity contribution in [3.63, 3.8) is 0 Å². The maximum absolute atomic E-state index is 13.0. The first kappa shape index (κ1) is 18.6. The van der Waals surface area contributed by atoms with Crippen LogP contribution in [0, 0.1) is 23.7 Å². The normalized spacial score (nSPS) is 36.4. The predicted octanol–water partition coefficient (Wildman–Crippen LogP) is 3.55. The maximum Gasteiger partial charge on any atom is 0.247 e. The van der Waals surface area contributed by atoms with E-state index in [4.69, 9.17) is 0 Å². The van der Waals surface area contributed by atoms with Crippen LogP contribution < -0.4 is 5.32 Å². The predicted molar refractivity (Wildman–Crippen MR) is 108 cm³/mol. The van der Waals surface area contributed by atoms with Gasteiger partial charge in [-0.25, -0.2) is 0 Å². The Morgan fingerprint density at radius 3 is 2.08 bits per heavy atom. The number of benzene rings is 1. The second-order valence-corrected chi connectivity index (χ2v) is 10.3. The fourth-order valence-electron chi connectivity index (χ4n) is 4.65. The summed E-state index contributed by atoms with van der Waals surface area (Å²) in [6, 6.07) is 6.34. The van der Waals surface area contributed by atoms with Gasteiger partial charge in [-0.15, -0.1) is 0 Å². The third-order valence-electron chi connectivity index (χ3n) is 5.90. The van der Waals surface area contributed by atoms with Crippen molar-refractivity contribution in [1.82, 2.24) is 4.90 Å². The average Bonchev–Trinajstić information content (AvgIpc) is 3.21. The summed E-state index contributed by atoms with van der Waals surface area (Å²) < 4.78 is 0.908. The number of amides is 3. The number of nitrogens with zero attached hydrogens (tertiary/aromatic N) is 1. The lowest BCUT2D eigenvalue weighted by Crippen LogP contribution is -2.46. The second-order valence-electron chi connectivity index (χ2n) is 7.22. The van der Waals surface area contributed by atoms with Crippen molar-refractivity contribution >= 4 is 71.2 Å². The summed E-state index contributed by atoms with van der Waals surface area (Å²) in [6.45, 7) is 1.62. The van der Waals surface area contributed by atoms with Crippen molar-refractivity contribution < 1.29 is 14.4 Å².